The van der Waals surface area contributed by atoms with Crippen LogP contribution < -0.4 is 0 Å². The normalized spacial score (nSPS) is 23.1. The fraction of sp³-hybridized carbons (Fsp3) is 0.818. The molecule has 0 aliphatic carbocycles. The average Bonchev–Trinajstić information content (AvgIpc) is 2.21. The summed E-state index contributed by atoms with van der Waals surface area (Å²) in [5.74, 6) is 6.07. The summed E-state index contributed by atoms with van der Waals surface area (Å²) in [7, 11) is -0.168. The Morgan fingerprint density at radius 3 is 1.93 bits per heavy atom. The molecule has 1 rings (SSSR count). The van der Waals surface area contributed by atoms with E-state index in [4.69, 9.17) is 9.31 Å². The van der Waals surface area contributed by atoms with Gasteiger partial charge in [0.05, 0.1) is 11.2 Å². The maximum Gasteiger partial charge on any atom is 0.470 e. The standard InChI is InChI=1S/C11H19BO2/c1-6-7-8-9-12-13-10(2,3)11(4,5)14-12/h6,9H2,1-5H3. The molecule has 0 aromatic rings. The highest BCUT2D eigenvalue weighted by Crippen LogP contribution is 2.37. The molecule has 0 N–H and O–H groups in total. The minimum Gasteiger partial charge on any atom is -0.403 e. The SMILES string of the molecule is CCC#CCB1OC(C)(C)C(C)(C)O1. The van der Waals surface area contributed by atoms with Crippen molar-refractivity contribution in [2.45, 2.75) is 58.6 Å². The van der Waals surface area contributed by atoms with E-state index in [1.54, 1.807) is 0 Å². The molecule has 0 aromatic carbocycles. The molecule has 1 heterocycles. The monoisotopic (exact) mass is 194 g/mol. The largest absolute Gasteiger partial charge is 0.470 e. The molecule has 0 aromatic heterocycles. The van der Waals surface area contributed by atoms with Crippen LogP contribution in [0.25, 0.3) is 0 Å². The minimum atomic E-state index is -0.231. The topological polar surface area (TPSA) is 18.5 Å². The molecule has 0 atom stereocenters. The van der Waals surface area contributed by atoms with Crippen molar-refractivity contribution in [2.24, 2.45) is 0 Å². The summed E-state index contributed by atoms with van der Waals surface area (Å²) in [6, 6.07) is 0. The van der Waals surface area contributed by atoms with Crippen LogP contribution in [0.3, 0.4) is 0 Å². The van der Waals surface area contributed by atoms with Crippen LogP contribution in [0.4, 0.5) is 0 Å². The van der Waals surface area contributed by atoms with Crippen LogP contribution >= 0.6 is 0 Å². The summed E-state index contributed by atoms with van der Waals surface area (Å²) in [6.07, 6.45) is 1.56. The Hall–Kier alpha value is -0.455. The average molecular weight is 194 g/mol. The second kappa shape index (κ2) is 3.96. The van der Waals surface area contributed by atoms with Gasteiger partial charge in [-0.05, 0) is 27.7 Å². The lowest BCUT2D eigenvalue weighted by Gasteiger charge is -2.32. The molecule has 1 aliphatic rings. The van der Waals surface area contributed by atoms with Crippen molar-refractivity contribution in [2.75, 3.05) is 0 Å². The highest BCUT2D eigenvalue weighted by molar-refractivity contribution is 6.46. The molecule has 0 radical (unpaired) electrons. The first-order valence-electron chi connectivity index (χ1n) is 5.20. The highest BCUT2D eigenvalue weighted by atomic mass is 16.7. The smallest absolute Gasteiger partial charge is 0.403 e. The van der Waals surface area contributed by atoms with E-state index in [9.17, 15) is 0 Å². The van der Waals surface area contributed by atoms with Gasteiger partial charge in [-0.2, -0.15) is 0 Å². The first-order chi connectivity index (χ1) is 6.39. The summed E-state index contributed by atoms with van der Waals surface area (Å²) in [6.45, 7) is 10.3. The van der Waals surface area contributed by atoms with E-state index in [0.717, 1.165) is 6.42 Å². The Morgan fingerprint density at radius 2 is 1.50 bits per heavy atom. The van der Waals surface area contributed by atoms with Crippen molar-refractivity contribution >= 4 is 7.12 Å². The fourth-order valence-corrected chi connectivity index (χ4v) is 1.33. The van der Waals surface area contributed by atoms with E-state index in [-0.39, 0.29) is 18.3 Å². The van der Waals surface area contributed by atoms with Crippen molar-refractivity contribution in [1.29, 1.82) is 0 Å². The van der Waals surface area contributed by atoms with Crippen LogP contribution in [-0.4, -0.2) is 18.3 Å². The molecule has 0 spiro atoms. The molecule has 1 fully saturated rings. The predicted octanol–water partition coefficient (Wildman–Crippen LogP) is 2.49. The molecule has 1 saturated heterocycles. The molecule has 0 saturated carbocycles. The Morgan fingerprint density at radius 1 is 1.00 bits per heavy atom. The summed E-state index contributed by atoms with van der Waals surface area (Å²) < 4.78 is 11.6. The van der Waals surface area contributed by atoms with Crippen LogP contribution in [0.1, 0.15) is 41.0 Å². The van der Waals surface area contributed by atoms with E-state index in [1.165, 1.54) is 0 Å². The van der Waals surface area contributed by atoms with Crippen molar-refractivity contribution < 1.29 is 9.31 Å². The third-order valence-electron chi connectivity index (χ3n) is 2.87. The summed E-state index contributed by atoms with van der Waals surface area (Å²) in [5.41, 5.74) is -0.461. The molecule has 2 nitrogen and oxygen atoms in total. The highest BCUT2D eigenvalue weighted by Gasteiger charge is 2.50. The molecular weight excluding hydrogens is 175 g/mol. The number of hydrogen-bond donors (Lipinski definition) is 0. The van der Waals surface area contributed by atoms with Gasteiger partial charge in [0.15, 0.2) is 0 Å². The van der Waals surface area contributed by atoms with Gasteiger partial charge in [0.25, 0.3) is 0 Å². The molecule has 1 aliphatic heterocycles. The Labute approximate surface area is 87.5 Å². The molecule has 3 heteroatoms. The van der Waals surface area contributed by atoms with Gasteiger partial charge < -0.3 is 9.31 Å². The van der Waals surface area contributed by atoms with Crippen LogP contribution in [0, 0.1) is 11.8 Å². The third-order valence-corrected chi connectivity index (χ3v) is 2.87. The van der Waals surface area contributed by atoms with Gasteiger partial charge in [-0.3, -0.25) is 0 Å². The van der Waals surface area contributed by atoms with Crippen LogP contribution in [0.5, 0.6) is 0 Å². The number of rotatable bonds is 1. The van der Waals surface area contributed by atoms with Gasteiger partial charge in [-0.15, -0.1) is 11.8 Å². The maximum atomic E-state index is 5.79. The molecule has 0 unspecified atom stereocenters. The zero-order valence-electron chi connectivity index (χ0n) is 9.81. The van der Waals surface area contributed by atoms with E-state index in [0.29, 0.717) is 6.32 Å². The van der Waals surface area contributed by atoms with Crippen molar-refractivity contribution in [3.05, 3.63) is 0 Å². The van der Waals surface area contributed by atoms with Crippen LogP contribution in [0.2, 0.25) is 6.32 Å². The van der Waals surface area contributed by atoms with E-state index in [2.05, 4.69) is 39.5 Å². The number of hydrogen-bond acceptors (Lipinski definition) is 2. The van der Waals surface area contributed by atoms with E-state index < -0.39 is 0 Å². The second-order valence-electron chi connectivity index (χ2n) is 4.60. The van der Waals surface area contributed by atoms with Crippen molar-refractivity contribution in [3.8, 4) is 11.8 Å². The van der Waals surface area contributed by atoms with E-state index in [1.807, 2.05) is 6.92 Å². The van der Waals surface area contributed by atoms with Crippen molar-refractivity contribution in [3.63, 3.8) is 0 Å². The van der Waals surface area contributed by atoms with Gasteiger partial charge in [0, 0.05) is 12.7 Å². The van der Waals surface area contributed by atoms with Crippen LogP contribution in [-0.2, 0) is 9.31 Å². The third kappa shape index (κ3) is 2.32. The van der Waals surface area contributed by atoms with Gasteiger partial charge in [0.1, 0.15) is 0 Å². The summed E-state index contributed by atoms with van der Waals surface area (Å²) >= 11 is 0. The Balaban J connectivity index is 2.55. The van der Waals surface area contributed by atoms with Gasteiger partial charge in [-0.1, -0.05) is 6.92 Å². The first kappa shape index (κ1) is 11.6. The Bertz CT molecular complexity index is 244. The quantitative estimate of drug-likeness (QED) is 0.471. The lowest BCUT2D eigenvalue weighted by molar-refractivity contribution is 0.00578. The predicted molar refractivity (Wildman–Crippen MR) is 59.0 cm³/mol. The molecule has 78 valence electrons. The lowest BCUT2D eigenvalue weighted by atomic mass is 9.85. The minimum absolute atomic E-state index is 0.168. The summed E-state index contributed by atoms with van der Waals surface area (Å²) in [4.78, 5) is 0. The molecule has 0 amide bonds. The fourth-order valence-electron chi connectivity index (χ4n) is 1.33. The van der Waals surface area contributed by atoms with Gasteiger partial charge in [-0.25, -0.2) is 0 Å². The van der Waals surface area contributed by atoms with Crippen LogP contribution in [0.15, 0.2) is 0 Å². The zero-order valence-corrected chi connectivity index (χ0v) is 9.81. The Kier molecular flexibility index (Phi) is 3.29. The maximum absolute atomic E-state index is 5.79. The summed E-state index contributed by atoms with van der Waals surface area (Å²) in [5, 5.41) is 0. The first-order valence-corrected chi connectivity index (χ1v) is 5.20. The second-order valence-corrected chi connectivity index (χ2v) is 4.60. The van der Waals surface area contributed by atoms with Crippen molar-refractivity contribution in [1.82, 2.24) is 0 Å². The molecule has 14 heavy (non-hydrogen) atoms. The van der Waals surface area contributed by atoms with E-state index >= 15 is 0 Å². The van der Waals surface area contributed by atoms with Gasteiger partial charge in [0.2, 0.25) is 0 Å². The molecule has 0 bridgehead atoms. The van der Waals surface area contributed by atoms with Gasteiger partial charge >= 0.3 is 7.12 Å². The molecular formula is C11H19BO2. The lowest BCUT2D eigenvalue weighted by Crippen LogP contribution is -2.41. The zero-order chi connectivity index (χ0) is 10.8.